The van der Waals surface area contributed by atoms with Gasteiger partial charge >= 0.3 is 0 Å². The molecule has 0 radical (unpaired) electrons. The molecule has 1 aliphatic rings. The predicted octanol–water partition coefficient (Wildman–Crippen LogP) is 3.61. The summed E-state index contributed by atoms with van der Waals surface area (Å²) in [5, 5.41) is 3.53. The lowest BCUT2D eigenvalue weighted by atomic mass is 10.0. The zero-order valence-electron chi connectivity index (χ0n) is 16.7. The van der Waals surface area contributed by atoms with Crippen LogP contribution in [0.25, 0.3) is 22.4 Å². The first-order valence-corrected chi connectivity index (χ1v) is 10.0. The van der Waals surface area contributed by atoms with Gasteiger partial charge in [0, 0.05) is 43.0 Å². The summed E-state index contributed by atoms with van der Waals surface area (Å²) in [5.41, 5.74) is 9.86. The number of aryl methyl sites for hydroxylation is 1. The predicted molar refractivity (Wildman–Crippen MR) is 117 cm³/mol. The Labute approximate surface area is 174 Å². The third-order valence-electron chi connectivity index (χ3n) is 5.30. The molecule has 0 unspecified atom stereocenters. The standard InChI is InChI=1S/C23H22N6O/c1-29-10-9-18-21(29)23(26-17-6-7-17)28-22(27-18)15-4-2-3-14(11-15)12-19(30)16-5-8-20(24)25-13-16/h2-5,8-11,13,17H,6-7,12H2,1H3,(H2,24,25)(H,26,27,28). The molecule has 1 aliphatic carbocycles. The van der Waals surface area contributed by atoms with E-state index in [-0.39, 0.29) is 12.2 Å². The van der Waals surface area contributed by atoms with E-state index < -0.39 is 0 Å². The Hall–Kier alpha value is -3.74. The summed E-state index contributed by atoms with van der Waals surface area (Å²) in [6, 6.07) is 13.7. The van der Waals surface area contributed by atoms with Gasteiger partial charge in [-0.1, -0.05) is 18.2 Å². The molecular weight excluding hydrogens is 376 g/mol. The first-order valence-electron chi connectivity index (χ1n) is 10.0. The van der Waals surface area contributed by atoms with Gasteiger partial charge in [-0.3, -0.25) is 4.79 Å². The van der Waals surface area contributed by atoms with Crippen molar-refractivity contribution in [2.45, 2.75) is 25.3 Å². The molecule has 1 aromatic carbocycles. The highest BCUT2D eigenvalue weighted by atomic mass is 16.1. The van der Waals surface area contributed by atoms with Gasteiger partial charge in [-0.05, 0) is 42.7 Å². The van der Waals surface area contributed by atoms with Gasteiger partial charge in [0.25, 0.3) is 0 Å². The number of rotatable bonds is 6. The quantitative estimate of drug-likeness (QED) is 0.482. The van der Waals surface area contributed by atoms with Crippen molar-refractivity contribution < 1.29 is 4.79 Å². The maximum Gasteiger partial charge on any atom is 0.168 e. The summed E-state index contributed by atoms with van der Waals surface area (Å²) in [4.78, 5) is 26.2. The molecule has 3 N–H and O–H groups in total. The summed E-state index contributed by atoms with van der Waals surface area (Å²) in [6.07, 6.45) is 6.13. The molecule has 7 heteroatoms. The number of pyridine rings is 1. The molecule has 3 aromatic heterocycles. The molecular formula is C23H22N6O. The second kappa shape index (κ2) is 7.26. The lowest BCUT2D eigenvalue weighted by Crippen LogP contribution is -2.07. The van der Waals surface area contributed by atoms with E-state index in [1.54, 1.807) is 12.1 Å². The average molecular weight is 398 g/mol. The molecule has 5 rings (SSSR count). The van der Waals surface area contributed by atoms with Gasteiger partial charge in [-0.15, -0.1) is 0 Å². The van der Waals surface area contributed by atoms with Gasteiger partial charge in [0.1, 0.15) is 11.3 Å². The van der Waals surface area contributed by atoms with E-state index in [1.165, 1.54) is 19.0 Å². The van der Waals surface area contributed by atoms with Crippen LogP contribution in [-0.4, -0.2) is 31.3 Å². The number of aromatic nitrogens is 4. The fourth-order valence-electron chi connectivity index (χ4n) is 3.52. The van der Waals surface area contributed by atoms with E-state index in [1.807, 2.05) is 48.1 Å². The fraction of sp³-hybridized carbons (Fsp3) is 0.217. The molecule has 1 saturated carbocycles. The Balaban J connectivity index is 1.46. The fourth-order valence-corrected chi connectivity index (χ4v) is 3.52. The van der Waals surface area contributed by atoms with E-state index >= 15 is 0 Å². The molecule has 0 saturated heterocycles. The number of fused-ring (bicyclic) bond motifs is 1. The minimum absolute atomic E-state index is 0.00447. The molecule has 30 heavy (non-hydrogen) atoms. The smallest absolute Gasteiger partial charge is 0.168 e. The van der Waals surface area contributed by atoms with Gasteiger partial charge < -0.3 is 15.6 Å². The van der Waals surface area contributed by atoms with Crippen LogP contribution in [0.3, 0.4) is 0 Å². The number of nitrogens with two attached hydrogens (primary N) is 1. The third kappa shape index (κ3) is 3.61. The van der Waals surface area contributed by atoms with Gasteiger partial charge in [0.15, 0.2) is 17.4 Å². The van der Waals surface area contributed by atoms with Crippen molar-refractivity contribution in [2.75, 3.05) is 11.1 Å². The number of nitrogens with zero attached hydrogens (tertiary/aromatic N) is 4. The van der Waals surface area contributed by atoms with Crippen LogP contribution < -0.4 is 11.1 Å². The van der Waals surface area contributed by atoms with Crippen molar-refractivity contribution >= 4 is 28.5 Å². The average Bonchev–Trinajstić information content (AvgIpc) is 3.48. The van der Waals surface area contributed by atoms with Crippen molar-refractivity contribution in [1.82, 2.24) is 19.5 Å². The van der Waals surface area contributed by atoms with Crippen molar-refractivity contribution in [2.24, 2.45) is 7.05 Å². The zero-order valence-corrected chi connectivity index (χ0v) is 16.7. The topological polar surface area (TPSA) is 98.7 Å². The lowest BCUT2D eigenvalue weighted by Gasteiger charge is -2.10. The molecule has 1 fully saturated rings. The number of carbonyl (C=O) groups excluding carboxylic acids is 1. The first-order chi connectivity index (χ1) is 14.6. The van der Waals surface area contributed by atoms with Gasteiger partial charge in [0.2, 0.25) is 0 Å². The number of ketones is 1. The summed E-state index contributed by atoms with van der Waals surface area (Å²) in [7, 11) is 2.00. The van der Waals surface area contributed by atoms with E-state index in [0.717, 1.165) is 28.0 Å². The maximum absolute atomic E-state index is 12.6. The van der Waals surface area contributed by atoms with Crippen LogP contribution in [0, 0.1) is 0 Å². The van der Waals surface area contributed by atoms with Crippen LogP contribution >= 0.6 is 0 Å². The third-order valence-corrected chi connectivity index (χ3v) is 5.30. The summed E-state index contributed by atoms with van der Waals surface area (Å²) < 4.78 is 2.04. The zero-order chi connectivity index (χ0) is 20.7. The molecule has 0 amide bonds. The second-order valence-electron chi connectivity index (χ2n) is 7.75. The number of nitrogen functional groups attached to an aromatic ring is 1. The van der Waals surface area contributed by atoms with E-state index in [9.17, 15) is 4.79 Å². The Bertz CT molecular complexity index is 1240. The van der Waals surface area contributed by atoms with Gasteiger partial charge in [0.05, 0.1) is 5.52 Å². The van der Waals surface area contributed by atoms with Crippen molar-refractivity contribution in [3.05, 3.63) is 66.0 Å². The van der Waals surface area contributed by atoms with E-state index in [2.05, 4.69) is 10.3 Å². The first kappa shape index (κ1) is 18.3. The van der Waals surface area contributed by atoms with Gasteiger partial charge in [-0.2, -0.15) is 0 Å². The number of nitrogens with one attached hydrogen (secondary N) is 1. The van der Waals surface area contributed by atoms with Crippen molar-refractivity contribution in [1.29, 1.82) is 0 Å². The Morgan fingerprint density at radius 3 is 2.83 bits per heavy atom. The molecule has 4 aromatic rings. The van der Waals surface area contributed by atoms with Crippen LogP contribution in [0.1, 0.15) is 28.8 Å². The van der Waals surface area contributed by atoms with E-state index in [4.69, 9.17) is 15.7 Å². The van der Waals surface area contributed by atoms with Crippen LogP contribution in [0.5, 0.6) is 0 Å². The Kier molecular flexibility index (Phi) is 4.43. The molecule has 3 heterocycles. The van der Waals surface area contributed by atoms with Crippen LogP contribution in [0.4, 0.5) is 11.6 Å². The number of carbonyl (C=O) groups is 1. The highest BCUT2D eigenvalue weighted by molar-refractivity contribution is 5.97. The second-order valence-corrected chi connectivity index (χ2v) is 7.75. The van der Waals surface area contributed by atoms with Crippen LogP contribution in [0.15, 0.2) is 54.9 Å². The lowest BCUT2D eigenvalue weighted by molar-refractivity contribution is 0.0992. The molecule has 150 valence electrons. The highest BCUT2D eigenvalue weighted by Gasteiger charge is 2.24. The number of benzene rings is 1. The largest absolute Gasteiger partial charge is 0.384 e. The summed E-state index contributed by atoms with van der Waals surface area (Å²) in [6.45, 7) is 0. The summed E-state index contributed by atoms with van der Waals surface area (Å²) in [5.74, 6) is 1.91. The Morgan fingerprint density at radius 1 is 1.20 bits per heavy atom. The maximum atomic E-state index is 12.6. The van der Waals surface area contributed by atoms with Crippen molar-refractivity contribution in [3.63, 3.8) is 0 Å². The minimum atomic E-state index is -0.00447. The van der Waals surface area contributed by atoms with Crippen LogP contribution in [0.2, 0.25) is 0 Å². The number of hydrogen-bond acceptors (Lipinski definition) is 6. The van der Waals surface area contributed by atoms with Crippen LogP contribution in [-0.2, 0) is 13.5 Å². The van der Waals surface area contributed by atoms with Gasteiger partial charge in [-0.25, -0.2) is 15.0 Å². The summed E-state index contributed by atoms with van der Waals surface area (Å²) >= 11 is 0. The van der Waals surface area contributed by atoms with Crippen molar-refractivity contribution in [3.8, 4) is 11.4 Å². The molecule has 0 aliphatic heterocycles. The molecule has 0 atom stereocenters. The minimum Gasteiger partial charge on any atom is -0.384 e. The number of anilines is 2. The Morgan fingerprint density at radius 2 is 2.07 bits per heavy atom. The normalized spacial score (nSPS) is 13.5. The molecule has 0 spiro atoms. The molecule has 0 bridgehead atoms. The monoisotopic (exact) mass is 398 g/mol. The molecule has 7 nitrogen and oxygen atoms in total. The highest BCUT2D eigenvalue weighted by Crippen LogP contribution is 2.30. The number of hydrogen-bond donors (Lipinski definition) is 2. The number of Topliss-reactive ketones (excluding diaryl/α,β-unsaturated/α-hetero) is 1. The van der Waals surface area contributed by atoms with E-state index in [0.29, 0.717) is 23.2 Å². The SMILES string of the molecule is Cn1ccc2nc(-c3cccc(CC(=O)c4ccc(N)nc4)c3)nc(NC3CC3)c21.